The first kappa shape index (κ1) is 13.7. The number of ether oxygens (including phenoxy) is 1. The normalized spacial score (nSPS) is 15.9. The Hall–Kier alpha value is -1.71. The fourth-order valence-electron chi connectivity index (χ4n) is 2.00. The molecule has 1 aliphatic rings. The van der Waals surface area contributed by atoms with E-state index in [1.807, 2.05) is 32.9 Å². The second-order valence-electron chi connectivity index (χ2n) is 6.04. The van der Waals surface area contributed by atoms with Crippen LogP contribution in [0.15, 0.2) is 24.3 Å². The summed E-state index contributed by atoms with van der Waals surface area (Å²) in [5.41, 5.74) is 1.93. The van der Waals surface area contributed by atoms with E-state index in [0.717, 1.165) is 5.69 Å². The molecule has 4 nitrogen and oxygen atoms in total. The van der Waals surface area contributed by atoms with Gasteiger partial charge in [-0.25, -0.2) is 4.79 Å². The lowest BCUT2D eigenvalue weighted by Gasteiger charge is -2.40. The fraction of sp³-hybridized carbons (Fsp3) is 0.533. The molecule has 104 valence electrons. The van der Waals surface area contributed by atoms with E-state index < -0.39 is 5.60 Å². The van der Waals surface area contributed by atoms with Crippen LogP contribution in [0.25, 0.3) is 0 Å². The van der Waals surface area contributed by atoms with Gasteiger partial charge in [-0.05, 0) is 39.3 Å². The quantitative estimate of drug-likeness (QED) is 0.890. The van der Waals surface area contributed by atoms with E-state index in [2.05, 4.69) is 24.4 Å². The molecule has 19 heavy (non-hydrogen) atoms. The average Bonchev–Trinajstić information content (AvgIpc) is 2.22. The number of carbonyl (C=O) groups excluding carboxylic acids is 1. The Balaban J connectivity index is 1.81. The molecule has 4 heteroatoms. The van der Waals surface area contributed by atoms with Gasteiger partial charge in [0.15, 0.2) is 0 Å². The van der Waals surface area contributed by atoms with Gasteiger partial charge < -0.3 is 15.0 Å². The maximum atomic E-state index is 11.8. The zero-order valence-corrected chi connectivity index (χ0v) is 12.1. The molecule has 1 amide bonds. The van der Waals surface area contributed by atoms with Gasteiger partial charge in [-0.15, -0.1) is 0 Å². The van der Waals surface area contributed by atoms with E-state index in [4.69, 9.17) is 4.74 Å². The van der Waals surface area contributed by atoms with Gasteiger partial charge in [0, 0.05) is 18.8 Å². The Morgan fingerprint density at radius 3 is 2.53 bits per heavy atom. The Morgan fingerprint density at radius 2 is 1.95 bits per heavy atom. The summed E-state index contributed by atoms with van der Waals surface area (Å²) in [6, 6.07) is 8.49. The van der Waals surface area contributed by atoms with Crippen LogP contribution in [-0.4, -0.2) is 35.7 Å². The second-order valence-corrected chi connectivity index (χ2v) is 6.04. The Morgan fingerprint density at radius 1 is 1.32 bits per heavy atom. The molecule has 1 aliphatic heterocycles. The highest BCUT2D eigenvalue weighted by Gasteiger charge is 2.33. The number of nitrogens with one attached hydrogen (secondary N) is 1. The number of hydrogen-bond donors (Lipinski definition) is 1. The van der Waals surface area contributed by atoms with Gasteiger partial charge in [-0.2, -0.15) is 0 Å². The van der Waals surface area contributed by atoms with Crippen LogP contribution in [-0.2, 0) is 4.74 Å². The van der Waals surface area contributed by atoms with Crippen LogP contribution in [0.5, 0.6) is 0 Å². The Bertz CT molecular complexity index is 459. The zero-order chi connectivity index (χ0) is 14.0. The summed E-state index contributed by atoms with van der Waals surface area (Å²) in [6.07, 6.45) is -0.227. The molecule has 1 saturated heterocycles. The number of benzene rings is 1. The van der Waals surface area contributed by atoms with Crippen LogP contribution >= 0.6 is 0 Å². The molecule has 0 aromatic heterocycles. The van der Waals surface area contributed by atoms with E-state index in [1.54, 1.807) is 4.90 Å². The lowest BCUT2D eigenvalue weighted by Crippen LogP contribution is -2.58. The lowest BCUT2D eigenvalue weighted by molar-refractivity contribution is 0.0105. The van der Waals surface area contributed by atoms with Gasteiger partial charge in [0.1, 0.15) is 5.60 Å². The van der Waals surface area contributed by atoms with E-state index in [0.29, 0.717) is 19.1 Å². The maximum Gasteiger partial charge on any atom is 0.410 e. The van der Waals surface area contributed by atoms with Crippen LogP contribution < -0.4 is 5.32 Å². The topological polar surface area (TPSA) is 41.6 Å². The van der Waals surface area contributed by atoms with Crippen molar-refractivity contribution in [1.82, 2.24) is 4.90 Å². The van der Waals surface area contributed by atoms with Gasteiger partial charge in [-0.1, -0.05) is 18.2 Å². The van der Waals surface area contributed by atoms with Gasteiger partial charge in [-0.3, -0.25) is 0 Å². The fourth-order valence-corrected chi connectivity index (χ4v) is 2.00. The molecule has 0 saturated carbocycles. The van der Waals surface area contributed by atoms with Crippen molar-refractivity contribution in [3.05, 3.63) is 29.8 Å². The molecule has 0 radical (unpaired) electrons. The number of anilines is 1. The summed E-state index contributed by atoms with van der Waals surface area (Å²) in [5.74, 6) is 0. The number of aryl methyl sites for hydroxylation is 1. The molecular weight excluding hydrogens is 240 g/mol. The number of likely N-dealkylation sites (tertiary alicyclic amines) is 1. The van der Waals surface area contributed by atoms with Crippen molar-refractivity contribution in [1.29, 1.82) is 0 Å². The predicted octanol–water partition coefficient (Wildman–Crippen LogP) is 3.03. The van der Waals surface area contributed by atoms with Crippen molar-refractivity contribution in [2.75, 3.05) is 18.4 Å². The third kappa shape index (κ3) is 3.63. The number of rotatable bonds is 2. The summed E-state index contributed by atoms with van der Waals surface area (Å²) in [7, 11) is 0. The first-order chi connectivity index (χ1) is 8.85. The van der Waals surface area contributed by atoms with E-state index in [-0.39, 0.29) is 6.09 Å². The van der Waals surface area contributed by atoms with Crippen LogP contribution in [0.2, 0.25) is 0 Å². The maximum absolute atomic E-state index is 11.8. The van der Waals surface area contributed by atoms with E-state index in [1.165, 1.54) is 5.56 Å². The largest absolute Gasteiger partial charge is 0.444 e. The molecule has 1 aromatic rings. The molecular formula is C15H22N2O2. The smallest absolute Gasteiger partial charge is 0.410 e. The Kier molecular flexibility index (Phi) is 3.69. The molecule has 1 aromatic carbocycles. The number of nitrogens with zero attached hydrogens (tertiary/aromatic N) is 1. The number of para-hydroxylation sites is 1. The van der Waals surface area contributed by atoms with Gasteiger partial charge in [0.2, 0.25) is 0 Å². The zero-order valence-electron chi connectivity index (χ0n) is 12.1. The van der Waals surface area contributed by atoms with Crippen molar-refractivity contribution in [2.24, 2.45) is 0 Å². The highest BCUT2D eigenvalue weighted by atomic mass is 16.6. The standard InChI is InChI=1S/C15H22N2O2/c1-11-7-5-6-8-13(11)16-12-9-17(10-12)14(18)19-15(2,3)4/h5-8,12,16H,9-10H2,1-4H3. The van der Waals surface area contributed by atoms with Crippen LogP contribution in [0, 0.1) is 6.92 Å². The second kappa shape index (κ2) is 5.11. The number of amides is 1. The highest BCUT2D eigenvalue weighted by molar-refractivity contribution is 5.70. The van der Waals surface area contributed by atoms with Crippen molar-refractivity contribution >= 4 is 11.8 Å². The molecule has 0 spiro atoms. The summed E-state index contributed by atoms with van der Waals surface area (Å²) < 4.78 is 5.32. The minimum atomic E-state index is -0.425. The third-order valence-corrected chi connectivity index (χ3v) is 3.04. The third-order valence-electron chi connectivity index (χ3n) is 3.04. The molecule has 1 fully saturated rings. The predicted molar refractivity (Wildman–Crippen MR) is 76.4 cm³/mol. The first-order valence-electron chi connectivity index (χ1n) is 6.65. The van der Waals surface area contributed by atoms with Crippen molar-refractivity contribution in [3.63, 3.8) is 0 Å². The van der Waals surface area contributed by atoms with E-state index >= 15 is 0 Å². The average molecular weight is 262 g/mol. The number of carbonyl (C=O) groups is 1. The summed E-state index contributed by atoms with van der Waals surface area (Å²) in [5, 5.41) is 3.44. The monoisotopic (exact) mass is 262 g/mol. The SMILES string of the molecule is Cc1ccccc1NC1CN(C(=O)OC(C)(C)C)C1. The summed E-state index contributed by atoms with van der Waals surface area (Å²) in [6.45, 7) is 9.12. The van der Waals surface area contributed by atoms with Crippen molar-refractivity contribution < 1.29 is 9.53 Å². The van der Waals surface area contributed by atoms with Crippen LogP contribution in [0.1, 0.15) is 26.3 Å². The Labute approximate surface area is 114 Å². The number of hydrogen-bond acceptors (Lipinski definition) is 3. The van der Waals surface area contributed by atoms with Crippen molar-refractivity contribution in [2.45, 2.75) is 39.3 Å². The van der Waals surface area contributed by atoms with Crippen molar-refractivity contribution in [3.8, 4) is 0 Å². The molecule has 2 rings (SSSR count). The van der Waals surface area contributed by atoms with Crippen LogP contribution in [0.4, 0.5) is 10.5 Å². The summed E-state index contributed by atoms with van der Waals surface area (Å²) in [4.78, 5) is 13.5. The van der Waals surface area contributed by atoms with E-state index in [9.17, 15) is 4.79 Å². The van der Waals surface area contributed by atoms with Gasteiger partial charge in [0.05, 0.1) is 6.04 Å². The lowest BCUT2D eigenvalue weighted by atomic mass is 10.1. The molecule has 0 atom stereocenters. The molecule has 0 bridgehead atoms. The summed E-state index contributed by atoms with van der Waals surface area (Å²) >= 11 is 0. The van der Waals surface area contributed by atoms with Gasteiger partial charge in [0.25, 0.3) is 0 Å². The molecule has 0 unspecified atom stereocenters. The van der Waals surface area contributed by atoms with Gasteiger partial charge >= 0.3 is 6.09 Å². The minimum Gasteiger partial charge on any atom is -0.444 e. The highest BCUT2D eigenvalue weighted by Crippen LogP contribution is 2.20. The molecule has 0 aliphatic carbocycles. The minimum absolute atomic E-state index is 0.227. The first-order valence-corrected chi connectivity index (χ1v) is 6.65. The molecule has 1 N–H and O–H groups in total. The van der Waals surface area contributed by atoms with Crippen LogP contribution in [0.3, 0.4) is 0 Å². The molecule has 1 heterocycles.